The van der Waals surface area contributed by atoms with Gasteiger partial charge in [0, 0.05) is 33.0 Å². The van der Waals surface area contributed by atoms with Gasteiger partial charge in [-0.3, -0.25) is 0 Å². The molecule has 13 aromatic rings. The molecule has 0 spiro atoms. The minimum absolute atomic E-state index is 0.699. The van der Waals surface area contributed by atoms with E-state index in [1.54, 1.807) is 0 Å². The summed E-state index contributed by atoms with van der Waals surface area (Å²) in [6.07, 6.45) is 0. The summed E-state index contributed by atoms with van der Waals surface area (Å²) in [5, 5.41) is 8.49. The summed E-state index contributed by atoms with van der Waals surface area (Å²) in [6, 6.07) is 89.6. The monoisotopic (exact) mass is 851 g/mol. The highest BCUT2D eigenvalue weighted by atomic mass is 15.0. The molecule has 13 rings (SSSR count). The first kappa shape index (κ1) is 38.5. The molecule has 0 unspecified atom stereocenters. The first-order chi connectivity index (χ1) is 33.3. The maximum Gasteiger partial charge on any atom is 0.160 e. The zero-order valence-electron chi connectivity index (χ0n) is 36.5. The number of fused-ring (bicyclic) bond motifs is 7. The Morgan fingerprint density at radius 2 is 0.731 bits per heavy atom. The summed E-state index contributed by atoms with van der Waals surface area (Å²) in [5.41, 5.74) is 16.7. The summed E-state index contributed by atoms with van der Waals surface area (Å²) in [5.74, 6) is 0.699. The molecule has 0 N–H and O–H groups in total. The molecule has 0 aliphatic rings. The maximum absolute atomic E-state index is 5.24. The molecule has 2 heterocycles. The van der Waals surface area contributed by atoms with Crippen molar-refractivity contribution in [1.82, 2.24) is 14.5 Å². The Kier molecular flexibility index (Phi) is 9.17. The predicted octanol–water partition coefficient (Wildman–Crippen LogP) is 17.0. The number of benzene rings is 11. The molecule has 0 atom stereocenters. The van der Waals surface area contributed by atoms with Gasteiger partial charge in [0.2, 0.25) is 0 Å². The maximum atomic E-state index is 5.24. The number of hydrogen-bond acceptors (Lipinski definition) is 2. The Morgan fingerprint density at radius 1 is 0.269 bits per heavy atom. The molecular formula is C64H41N3. The third-order valence-corrected chi connectivity index (χ3v) is 13.4. The number of hydrogen-bond donors (Lipinski definition) is 0. The van der Waals surface area contributed by atoms with E-state index in [0.29, 0.717) is 5.82 Å². The van der Waals surface area contributed by atoms with Crippen LogP contribution in [-0.2, 0) is 0 Å². The second kappa shape index (κ2) is 16.0. The van der Waals surface area contributed by atoms with Gasteiger partial charge in [-0.05, 0) is 96.4 Å². The van der Waals surface area contributed by atoms with Crippen LogP contribution in [0.5, 0.6) is 0 Å². The van der Waals surface area contributed by atoms with Crippen molar-refractivity contribution in [2.75, 3.05) is 0 Å². The van der Waals surface area contributed by atoms with E-state index in [-0.39, 0.29) is 0 Å². The van der Waals surface area contributed by atoms with E-state index < -0.39 is 0 Å². The lowest BCUT2D eigenvalue weighted by Crippen LogP contribution is -1.99. The molecule has 0 aliphatic carbocycles. The van der Waals surface area contributed by atoms with E-state index in [1.165, 1.54) is 71.2 Å². The van der Waals surface area contributed by atoms with Crippen LogP contribution in [0, 0.1) is 0 Å². The Hall–Kier alpha value is -8.92. The van der Waals surface area contributed by atoms with Crippen molar-refractivity contribution in [3.8, 4) is 72.8 Å². The van der Waals surface area contributed by atoms with Crippen molar-refractivity contribution in [2.24, 2.45) is 0 Å². The highest BCUT2D eigenvalue weighted by molar-refractivity contribution is 6.22. The van der Waals surface area contributed by atoms with E-state index in [1.807, 2.05) is 12.1 Å². The molecule has 0 fully saturated rings. The second-order valence-electron chi connectivity index (χ2n) is 17.2. The van der Waals surface area contributed by atoms with Crippen molar-refractivity contribution in [1.29, 1.82) is 0 Å². The molecule has 11 aromatic carbocycles. The summed E-state index contributed by atoms with van der Waals surface area (Å²) in [6.45, 7) is 0. The first-order valence-electron chi connectivity index (χ1n) is 22.9. The van der Waals surface area contributed by atoms with E-state index in [9.17, 15) is 0 Å². The van der Waals surface area contributed by atoms with Crippen LogP contribution >= 0.6 is 0 Å². The number of para-hydroxylation sites is 2. The van der Waals surface area contributed by atoms with Gasteiger partial charge in [-0.25, -0.2) is 9.97 Å². The summed E-state index contributed by atoms with van der Waals surface area (Å²) < 4.78 is 2.42. The summed E-state index contributed by atoms with van der Waals surface area (Å²) >= 11 is 0. The minimum atomic E-state index is 0.699. The predicted molar refractivity (Wildman–Crippen MR) is 282 cm³/mol. The Balaban J connectivity index is 1.06. The number of rotatable bonds is 7. The summed E-state index contributed by atoms with van der Waals surface area (Å²) in [4.78, 5) is 10.4. The van der Waals surface area contributed by atoms with E-state index >= 15 is 0 Å². The van der Waals surface area contributed by atoms with Crippen LogP contribution in [-0.4, -0.2) is 14.5 Å². The quantitative estimate of drug-likeness (QED) is 0.160. The fourth-order valence-electron chi connectivity index (χ4n) is 10.4. The number of nitrogens with zero attached hydrogens (tertiary/aromatic N) is 3. The zero-order valence-corrected chi connectivity index (χ0v) is 36.5. The van der Waals surface area contributed by atoms with Crippen LogP contribution in [0.15, 0.2) is 249 Å². The van der Waals surface area contributed by atoms with Gasteiger partial charge in [0.15, 0.2) is 5.82 Å². The summed E-state index contributed by atoms with van der Waals surface area (Å²) in [7, 11) is 0. The van der Waals surface area contributed by atoms with Crippen LogP contribution in [0.4, 0.5) is 0 Å². The van der Waals surface area contributed by atoms with Crippen LogP contribution in [0.2, 0.25) is 0 Å². The smallest absolute Gasteiger partial charge is 0.160 e. The van der Waals surface area contributed by atoms with E-state index in [0.717, 1.165) is 50.1 Å². The van der Waals surface area contributed by atoms with Crippen LogP contribution in [0.1, 0.15) is 0 Å². The normalized spacial score (nSPS) is 11.6. The molecule has 0 radical (unpaired) electrons. The van der Waals surface area contributed by atoms with Crippen molar-refractivity contribution in [2.45, 2.75) is 0 Å². The molecule has 0 saturated heterocycles. The van der Waals surface area contributed by atoms with Gasteiger partial charge in [0.05, 0.1) is 22.2 Å². The zero-order chi connectivity index (χ0) is 44.3. The van der Waals surface area contributed by atoms with Crippen LogP contribution in [0.3, 0.4) is 0 Å². The Morgan fingerprint density at radius 3 is 1.36 bits per heavy atom. The molecule has 3 nitrogen and oxygen atoms in total. The average molecular weight is 852 g/mol. The number of aromatic nitrogens is 3. The lowest BCUT2D eigenvalue weighted by molar-refractivity contribution is 1.18. The molecule has 312 valence electrons. The highest BCUT2D eigenvalue weighted by Crippen LogP contribution is 2.51. The molecule has 2 aromatic heterocycles. The van der Waals surface area contributed by atoms with E-state index in [4.69, 9.17) is 9.97 Å². The second-order valence-corrected chi connectivity index (χ2v) is 17.2. The van der Waals surface area contributed by atoms with Gasteiger partial charge < -0.3 is 4.57 Å². The van der Waals surface area contributed by atoms with Crippen LogP contribution in [0.25, 0.3) is 127 Å². The van der Waals surface area contributed by atoms with Gasteiger partial charge >= 0.3 is 0 Å². The average Bonchev–Trinajstić information content (AvgIpc) is 3.75. The minimum Gasteiger partial charge on any atom is -0.309 e. The topological polar surface area (TPSA) is 30.7 Å². The fourth-order valence-corrected chi connectivity index (χ4v) is 10.4. The lowest BCUT2D eigenvalue weighted by Gasteiger charge is -2.24. The largest absolute Gasteiger partial charge is 0.309 e. The lowest BCUT2D eigenvalue weighted by atomic mass is 9.79. The molecular weight excluding hydrogens is 811 g/mol. The molecule has 0 bridgehead atoms. The molecule has 67 heavy (non-hydrogen) atoms. The molecule has 0 aliphatic heterocycles. The standard InChI is InChI=1S/C64H41N3/c1-4-19-43(20-5-1)58-51-26-12-13-27-52(51)59(44-21-6-2-7-22-44)61(46-36-39-49(40-37-46)67-56-31-17-15-29-54(56)62-50-25-11-10-18-42(50)38-41-57(62)67)60(58)45-32-34-48(35-33-45)64-65-55-30-16-14-28-53(55)63(66-64)47-23-8-3-9-24-47/h1-41H. The molecule has 0 saturated carbocycles. The van der Waals surface area contributed by atoms with Crippen molar-refractivity contribution in [3.63, 3.8) is 0 Å². The fraction of sp³-hybridized carbons (Fsp3) is 0. The first-order valence-corrected chi connectivity index (χ1v) is 22.9. The van der Waals surface area contributed by atoms with Crippen molar-refractivity contribution in [3.05, 3.63) is 249 Å². The van der Waals surface area contributed by atoms with Gasteiger partial charge in [0.25, 0.3) is 0 Å². The van der Waals surface area contributed by atoms with Crippen molar-refractivity contribution < 1.29 is 0 Å². The van der Waals surface area contributed by atoms with Gasteiger partial charge in [-0.15, -0.1) is 0 Å². The molecule has 0 amide bonds. The van der Waals surface area contributed by atoms with Gasteiger partial charge in [-0.1, -0.05) is 218 Å². The SMILES string of the molecule is c1ccc(-c2nc(-c3ccc(-c4c(-c5ccc(-n6c7ccccc7c7c8ccccc8ccc76)cc5)c(-c5ccccc5)c5ccccc5c4-c4ccccc4)cc3)nc3ccccc23)cc1. The molecule has 3 heteroatoms. The van der Waals surface area contributed by atoms with Crippen molar-refractivity contribution >= 4 is 54.3 Å². The van der Waals surface area contributed by atoms with Gasteiger partial charge in [-0.2, -0.15) is 0 Å². The van der Waals surface area contributed by atoms with Gasteiger partial charge in [0.1, 0.15) is 0 Å². The Bertz CT molecular complexity index is 3990. The Labute approximate surface area is 388 Å². The van der Waals surface area contributed by atoms with Crippen LogP contribution < -0.4 is 0 Å². The van der Waals surface area contributed by atoms with E-state index in [2.05, 4.69) is 241 Å². The third kappa shape index (κ3) is 6.43. The highest BCUT2D eigenvalue weighted by Gasteiger charge is 2.25. The third-order valence-electron chi connectivity index (χ3n) is 13.4.